The number of nitrogens with one attached hydrogen (secondary N) is 1. The van der Waals surface area contributed by atoms with Crippen LogP contribution in [0.5, 0.6) is 5.75 Å². The van der Waals surface area contributed by atoms with Crippen molar-refractivity contribution in [3.63, 3.8) is 0 Å². The normalized spacial score (nSPS) is 10.9. The van der Waals surface area contributed by atoms with Crippen molar-refractivity contribution in [3.8, 4) is 5.75 Å². The average Bonchev–Trinajstić information content (AvgIpc) is 2.23. The summed E-state index contributed by atoms with van der Waals surface area (Å²) in [5, 5.41) is 13.6. The zero-order chi connectivity index (χ0) is 11.3. The highest BCUT2D eigenvalue weighted by Gasteiger charge is 2.08. The minimum atomic E-state index is 0.265. The maximum Gasteiger partial charge on any atom is 0.121 e. The Labute approximate surface area is 96.3 Å². The zero-order valence-corrected chi connectivity index (χ0v) is 10.0. The maximum atomic E-state index is 9.63. The van der Waals surface area contributed by atoms with Gasteiger partial charge in [0.2, 0.25) is 0 Å². The van der Waals surface area contributed by atoms with Crippen LogP contribution in [-0.2, 0) is 6.54 Å². The molecule has 0 bridgehead atoms. The van der Waals surface area contributed by atoms with Gasteiger partial charge in [-0.05, 0) is 25.0 Å². The van der Waals surface area contributed by atoms with E-state index in [1.807, 2.05) is 0 Å². The van der Waals surface area contributed by atoms with E-state index in [4.69, 9.17) is 11.6 Å². The third kappa shape index (κ3) is 3.40. The van der Waals surface area contributed by atoms with Gasteiger partial charge in [-0.2, -0.15) is 0 Å². The first-order valence-corrected chi connectivity index (χ1v) is 5.76. The molecule has 0 aliphatic heterocycles. The molecule has 1 aromatic carbocycles. The molecular formula is C12H18ClNO. The second kappa shape index (κ2) is 5.99. The Balaban J connectivity index is 2.64. The lowest BCUT2D eigenvalue weighted by molar-refractivity contribution is 0.448. The Kier molecular flexibility index (Phi) is 4.92. The average molecular weight is 228 g/mol. The smallest absolute Gasteiger partial charge is 0.121 e. The largest absolute Gasteiger partial charge is 0.508 e. The standard InChI is InChI=1S/C12H18ClNO/c1-3-9(4-2)14-8-10-11(13)6-5-7-12(10)15/h5-7,9,14-15H,3-4,8H2,1-2H3. The van der Waals surface area contributed by atoms with Crippen LogP contribution < -0.4 is 5.32 Å². The fourth-order valence-corrected chi connectivity index (χ4v) is 1.78. The highest BCUT2D eigenvalue weighted by molar-refractivity contribution is 6.31. The molecular weight excluding hydrogens is 210 g/mol. The first-order valence-electron chi connectivity index (χ1n) is 5.38. The number of halogens is 1. The monoisotopic (exact) mass is 227 g/mol. The van der Waals surface area contributed by atoms with Crippen LogP contribution in [0.15, 0.2) is 18.2 Å². The second-order valence-corrected chi connectivity index (χ2v) is 4.04. The van der Waals surface area contributed by atoms with Crippen LogP contribution in [0.3, 0.4) is 0 Å². The Hall–Kier alpha value is -0.730. The summed E-state index contributed by atoms with van der Waals surface area (Å²) in [6.07, 6.45) is 2.17. The van der Waals surface area contributed by atoms with E-state index in [9.17, 15) is 5.11 Å². The number of aromatic hydroxyl groups is 1. The summed E-state index contributed by atoms with van der Waals surface area (Å²) < 4.78 is 0. The predicted octanol–water partition coefficient (Wildman–Crippen LogP) is 3.32. The minimum Gasteiger partial charge on any atom is -0.508 e. The molecule has 3 heteroatoms. The molecule has 0 amide bonds. The van der Waals surface area contributed by atoms with E-state index < -0.39 is 0 Å². The summed E-state index contributed by atoms with van der Waals surface area (Å²) in [6, 6.07) is 5.69. The second-order valence-electron chi connectivity index (χ2n) is 3.63. The lowest BCUT2D eigenvalue weighted by Crippen LogP contribution is -2.27. The van der Waals surface area contributed by atoms with Crippen molar-refractivity contribution >= 4 is 11.6 Å². The van der Waals surface area contributed by atoms with Crippen LogP contribution in [0.25, 0.3) is 0 Å². The molecule has 15 heavy (non-hydrogen) atoms. The van der Waals surface area contributed by atoms with Gasteiger partial charge >= 0.3 is 0 Å². The highest BCUT2D eigenvalue weighted by atomic mass is 35.5. The number of hydrogen-bond acceptors (Lipinski definition) is 2. The van der Waals surface area contributed by atoms with Crippen molar-refractivity contribution in [1.82, 2.24) is 5.32 Å². The van der Waals surface area contributed by atoms with E-state index in [2.05, 4.69) is 19.2 Å². The van der Waals surface area contributed by atoms with Gasteiger partial charge in [0.15, 0.2) is 0 Å². The van der Waals surface area contributed by atoms with Gasteiger partial charge in [-0.25, -0.2) is 0 Å². The summed E-state index contributed by atoms with van der Waals surface area (Å²) in [6.45, 7) is 4.92. The number of phenolic OH excluding ortho intramolecular Hbond substituents is 1. The molecule has 84 valence electrons. The fourth-order valence-electron chi connectivity index (χ4n) is 1.55. The fraction of sp³-hybridized carbons (Fsp3) is 0.500. The molecule has 0 heterocycles. The molecule has 0 fully saturated rings. The van der Waals surface area contributed by atoms with Crippen LogP contribution in [0.4, 0.5) is 0 Å². The van der Waals surface area contributed by atoms with Gasteiger partial charge < -0.3 is 10.4 Å². The molecule has 1 rings (SSSR count). The van der Waals surface area contributed by atoms with Crippen LogP contribution in [0, 0.1) is 0 Å². The molecule has 0 spiro atoms. The molecule has 0 aliphatic rings. The van der Waals surface area contributed by atoms with Gasteiger partial charge in [0.05, 0.1) is 0 Å². The number of phenols is 1. The van der Waals surface area contributed by atoms with Crippen LogP contribution in [0.1, 0.15) is 32.3 Å². The minimum absolute atomic E-state index is 0.265. The number of hydrogen-bond donors (Lipinski definition) is 2. The highest BCUT2D eigenvalue weighted by Crippen LogP contribution is 2.25. The molecule has 0 aliphatic carbocycles. The summed E-state index contributed by atoms with van der Waals surface area (Å²) in [7, 11) is 0. The first-order chi connectivity index (χ1) is 7.19. The molecule has 0 unspecified atom stereocenters. The molecule has 0 aromatic heterocycles. The molecule has 1 aromatic rings. The van der Waals surface area contributed by atoms with E-state index in [1.54, 1.807) is 18.2 Å². The molecule has 0 saturated heterocycles. The predicted molar refractivity (Wildman–Crippen MR) is 64.3 cm³/mol. The molecule has 0 atom stereocenters. The summed E-state index contributed by atoms with van der Waals surface area (Å²) in [5.41, 5.74) is 0.783. The maximum absolute atomic E-state index is 9.63. The van der Waals surface area contributed by atoms with Crippen LogP contribution >= 0.6 is 11.6 Å². The van der Waals surface area contributed by atoms with E-state index >= 15 is 0 Å². The van der Waals surface area contributed by atoms with Crippen LogP contribution in [-0.4, -0.2) is 11.1 Å². The van der Waals surface area contributed by atoms with E-state index in [0.29, 0.717) is 17.6 Å². The molecule has 0 radical (unpaired) electrons. The third-order valence-corrected chi connectivity index (χ3v) is 3.00. The quantitative estimate of drug-likeness (QED) is 0.809. The molecule has 2 nitrogen and oxygen atoms in total. The van der Waals surface area contributed by atoms with Gasteiger partial charge in [0.1, 0.15) is 5.75 Å². The summed E-state index contributed by atoms with van der Waals surface area (Å²) in [5.74, 6) is 0.265. The Morgan fingerprint density at radius 1 is 1.33 bits per heavy atom. The van der Waals surface area contributed by atoms with Gasteiger partial charge in [-0.3, -0.25) is 0 Å². The van der Waals surface area contributed by atoms with Gasteiger partial charge in [-0.15, -0.1) is 0 Å². The van der Waals surface area contributed by atoms with Crippen LogP contribution in [0.2, 0.25) is 5.02 Å². The third-order valence-electron chi connectivity index (χ3n) is 2.65. The summed E-state index contributed by atoms with van der Waals surface area (Å²) >= 11 is 6.00. The van der Waals surface area contributed by atoms with Gasteiger partial charge in [0, 0.05) is 23.2 Å². The number of benzene rings is 1. The molecule has 0 saturated carbocycles. The molecule has 2 N–H and O–H groups in total. The zero-order valence-electron chi connectivity index (χ0n) is 9.26. The van der Waals surface area contributed by atoms with Crippen molar-refractivity contribution < 1.29 is 5.11 Å². The lowest BCUT2D eigenvalue weighted by Gasteiger charge is -2.15. The van der Waals surface area contributed by atoms with Crippen molar-refractivity contribution in [3.05, 3.63) is 28.8 Å². The SMILES string of the molecule is CCC(CC)NCc1c(O)cccc1Cl. The van der Waals surface area contributed by atoms with E-state index in [-0.39, 0.29) is 5.75 Å². The Bertz CT molecular complexity index is 290. The van der Waals surface area contributed by atoms with Crippen molar-refractivity contribution in [1.29, 1.82) is 0 Å². The van der Waals surface area contributed by atoms with E-state index in [1.165, 1.54) is 0 Å². The number of rotatable bonds is 5. The topological polar surface area (TPSA) is 32.3 Å². The first kappa shape index (κ1) is 12.3. The Morgan fingerprint density at radius 3 is 2.53 bits per heavy atom. The van der Waals surface area contributed by atoms with Crippen molar-refractivity contribution in [2.75, 3.05) is 0 Å². The Morgan fingerprint density at radius 2 is 2.00 bits per heavy atom. The van der Waals surface area contributed by atoms with Crippen molar-refractivity contribution in [2.45, 2.75) is 39.3 Å². The van der Waals surface area contributed by atoms with Gasteiger partial charge in [0.25, 0.3) is 0 Å². The van der Waals surface area contributed by atoms with Crippen molar-refractivity contribution in [2.24, 2.45) is 0 Å². The summed E-state index contributed by atoms with van der Waals surface area (Å²) in [4.78, 5) is 0. The van der Waals surface area contributed by atoms with Gasteiger partial charge in [-0.1, -0.05) is 31.5 Å². The van der Waals surface area contributed by atoms with E-state index in [0.717, 1.165) is 18.4 Å². The lowest BCUT2D eigenvalue weighted by atomic mass is 10.1.